The predicted molar refractivity (Wildman–Crippen MR) is 353 cm³/mol. The molecule has 0 aromatic rings. The molecule has 6 nitrogen and oxygen atoms in total. The minimum Gasteiger partial charge on any atom is -0.462 e. The van der Waals surface area contributed by atoms with Crippen LogP contribution in [-0.2, 0) is 28.6 Å². The van der Waals surface area contributed by atoms with Crippen molar-refractivity contribution in [3.8, 4) is 0 Å². The van der Waals surface area contributed by atoms with E-state index in [1.54, 1.807) is 0 Å². The van der Waals surface area contributed by atoms with Crippen molar-refractivity contribution in [2.75, 3.05) is 13.2 Å². The standard InChI is InChI=1S/C75H126O6/c1-4-7-10-13-16-19-22-24-26-28-30-31-32-33-34-35-36-37-38-39-40-41-42-43-45-46-48-50-53-56-59-62-65-68-74(77)80-71-72(70-79-73(76)67-64-61-58-55-52-21-18-15-12-9-6-3)81-75(78)69-66-63-60-57-54-51-49-47-44-29-27-25-23-20-17-14-11-8-5-2/h7-8,10-11,15-20,24-27,30-31,33-34,44,47,72H,4-6,9,12-14,21-23,28-29,32,35-43,45-46,48-71H2,1-3H3/b10-7-,11-8-,18-15-,19-16-,20-17-,26-24-,27-25-,31-30-,34-33-,47-44-. The van der Waals surface area contributed by atoms with E-state index in [9.17, 15) is 14.4 Å². The Hall–Kier alpha value is -4.19. The first kappa shape index (κ1) is 76.8. The summed E-state index contributed by atoms with van der Waals surface area (Å²) in [4.78, 5) is 38.3. The molecule has 0 bridgehead atoms. The summed E-state index contributed by atoms with van der Waals surface area (Å²) in [6.45, 7) is 6.38. The van der Waals surface area contributed by atoms with Gasteiger partial charge in [0.15, 0.2) is 6.10 Å². The van der Waals surface area contributed by atoms with Gasteiger partial charge in [-0.05, 0) is 122 Å². The van der Waals surface area contributed by atoms with Gasteiger partial charge in [0.1, 0.15) is 13.2 Å². The van der Waals surface area contributed by atoms with Gasteiger partial charge in [0.2, 0.25) is 0 Å². The summed E-state index contributed by atoms with van der Waals surface area (Å²) in [7, 11) is 0. The van der Waals surface area contributed by atoms with Crippen LogP contribution in [0, 0.1) is 0 Å². The summed E-state index contributed by atoms with van der Waals surface area (Å²) in [5.74, 6) is -0.902. The highest BCUT2D eigenvalue weighted by Crippen LogP contribution is 2.17. The molecule has 1 unspecified atom stereocenters. The highest BCUT2D eigenvalue weighted by Gasteiger charge is 2.19. The Bertz CT molecular complexity index is 1670. The number of ether oxygens (including phenoxy) is 3. The lowest BCUT2D eigenvalue weighted by Gasteiger charge is -2.18. The summed E-state index contributed by atoms with van der Waals surface area (Å²) in [5.41, 5.74) is 0. The highest BCUT2D eigenvalue weighted by molar-refractivity contribution is 5.71. The van der Waals surface area contributed by atoms with Crippen molar-refractivity contribution in [1.29, 1.82) is 0 Å². The van der Waals surface area contributed by atoms with E-state index in [1.807, 2.05) is 0 Å². The number of carbonyl (C=O) groups is 3. The molecule has 0 saturated carbocycles. The normalized spacial score (nSPS) is 12.9. The zero-order valence-corrected chi connectivity index (χ0v) is 53.0. The summed E-state index contributed by atoms with van der Waals surface area (Å²) in [6.07, 6.45) is 95.1. The summed E-state index contributed by atoms with van der Waals surface area (Å²) in [6, 6.07) is 0. The number of hydrogen-bond acceptors (Lipinski definition) is 6. The van der Waals surface area contributed by atoms with E-state index in [0.717, 1.165) is 135 Å². The van der Waals surface area contributed by atoms with Crippen LogP contribution in [-0.4, -0.2) is 37.2 Å². The molecule has 0 N–H and O–H groups in total. The molecule has 0 aromatic heterocycles. The van der Waals surface area contributed by atoms with Crippen molar-refractivity contribution in [3.05, 3.63) is 122 Å². The van der Waals surface area contributed by atoms with Crippen molar-refractivity contribution in [2.45, 2.75) is 322 Å². The van der Waals surface area contributed by atoms with Gasteiger partial charge in [-0.1, -0.05) is 296 Å². The van der Waals surface area contributed by atoms with Gasteiger partial charge in [-0.15, -0.1) is 0 Å². The molecule has 0 aliphatic heterocycles. The van der Waals surface area contributed by atoms with Crippen LogP contribution in [0.3, 0.4) is 0 Å². The Morgan fingerprint density at radius 3 is 0.765 bits per heavy atom. The first-order valence-corrected chi connectivity index (χ1v) is 34.0. The second-order valence-electron chi connectivity index (χ2n) is 22.3. The molecule has 0 heterocycles. The summed E-state index contributed by atoms with van der Waals surface area (Å²) in [5, 5.41) is 0. The summed E-state index contributed by atoms with van der Waals surface area (Å²) < 4.78 is 16.9. The smallest absolute Gasteiger partial charge is 0.306 e. The second-order valence-corrected chi connectivity index (χ2v) is 22.3. The first-order chi connectivity index (χ1) is 40.0. The van der Waals surface area contributed by atoms with Crippen LogP contribution in [0.1, 0.15) is 316 Å². The fourth-order valence-corrected chi connectivity index (χ4v) is 9.38. The van der Waals surface area contributed by atoms with E-state index < -0.39 is 6.10 Å². The van der Waals surface area contributed by atoms with Crippen LogP contribution in [0.4, 0.5) is 0 Å². The third-order valence-corrected chi connectivity index (χ3v) is 14.4. The van der Waals surface area contributed by atoms with E-state index in [2.05, 4.69) is 142 Å². The van der Waals surface area contributed by atoms with E-state index in [4.69, 9.17) is 14.2 Å². The molecule has 6 heteroatoms. The molecule has 0 rings (SSSR count). The van der Waals surface area contributed by atoms with Crippen molar-refractivity contribution in [3.63, 3.8) is 0 Å². The molecular weight excluding hydrogens is 997 g/mol. The van der Waals surface area contributed by atoms with Gasteiger partial charge >= 0.3 is 17.9 Å². The number of allylic oxidation sites excluding steroid dienone is 20. The Kier molecular flexibility index (Phi) is 64.8. The zero-order chi connectivity index (χ0) is 58.5. The van der Waals surface area contributed by atoms with E-state index in [0.29, 0.717) is 19.3 Å². The maximum absolute atomic E-state index is 12.9. The molecule has 0 saturated heterocycles. The fraction of sp³-hybridized carbons (Fsp3) is 0.693. The molecule has 0 fully saturated rings. The minimum atomic E-state index is -0.791. The number of hydrogen-bond donors (Lipinski definition) is 0. The number of rotatable bonds is 61. The van der Waals surface area contributed by atoms with Crippen molar-refractivity contribution < 1.29 is 28.6 Å². The SMILES string of the molecule is CC/C=C\C/C=C\C/C=C\C/C=C\C/C=C\CCCCCCCCCCCCCCCCCCCC(=O)OCC(COC(=O)CCCCCCC/C=C\CCCC)OC(=O)CCCCCCCC/C=C\C/C=C\C/C=C\C/C=C\CC. The molecule has 0 aliphatic carbocycles. The average molecular weight is 1120 g/mol. The predicted octanol–water partition coefficient (Wildman–Crippen LogP) is 23.6. The van der Waals surface area contributed by atoms with Gasteiger partial charge in [-0.3, -0.25) is 14.4 Å². The molecule has 0 aromatic carbocycles. The maximum Gasteiger partial charge on any atom is 0.306 e. The van der Waals surface area contributed by atoms with Gasteiger partial charge in [-0.2, -0.15) is 0 Å². The fourth-order valence-electron chi connectivity index (χ4n) is 9.38. The third-order valence-electron chi connectivity index (χ3n) is 14.4. The van der Waals surface area contributed by atoms with Crippen molar-refractivity contribution >= 4 is 17.9 Å². The minimum absolute atomic E-state index is 0.0858. The molecule has 462 valence electrons. The van der Waals surface area contributed by atoms with Crippen LogP contribution in [0.2, 0.25) is 0 Å². The Labute approximate surface area is 501 Å². The zero-order valence-electron chi connectivity index (χ0n) is 53.0. The molecule has 81 heavy (non-hydrogen) atoms. The van der Waals surface area contributed by atoms with Gasteiger partial charge in [0, 0.05) is 19.3 Å². The molecule has 0 amide bonds. The van der Waals surface area contributed by atoms with E-state index >= 15 is 0 Å². The van der Waals surface area contributed by atoms with Gasteiger partial charge in [-0.25, -0.2) is 0 Å². The van der Waals surface area contributed by atoms with Crippen LogP contribution in [0.15, 0.2) is 122 Å². The lowest BCUT2D eigenvalue weighted by molar-refractivity contribution is -0.167. The van der Waals surface area contributed by atoms with Crippen LogP contribution >= 0.6 is 0 Å². The third kappa shape index (κ3) is 66.5. The highest BCUT2D eigenvalue weighted by atomic mass is 16.6. The topological polar surface area (TPSA) is 78.9 Å². The molecular formula is C75H126O6. The van der Waals surface area contributed by atoms with Gasteiger partial charge in [0.05, 0.1) is 0 Å². The quantitative estimate of drug-likeness (QED) is 0.0261. The molecule has 0 spiro atoms. The first-order valence-electron chi connectivity index (χ1n) is 34.0. The monoisotopic (exact) mass is 1120 g/mol. The summed E-state index contributed by atoms with van der Waals surface area (Å²) >= 11 is 0. The van der Waals surface area contributed by atoms with Gasteiger partial charge in [0.25, 0.3) is 0 Å². The van der Waals surface area contributed by atoms with Crippen molar-refractivity contribution in [1.82, 2.24) is 0 Å². The van der Waals surface area contributed by atoms with Gasteiger partial charge < -0.3 is 14.2 Å². The average Bonchev–Trinajstić information content (AvgIpc) is 3.47. The number of carbonyl (C=O) groups excluding carboxylic acids is 3. The van der Waals surface area contributed by atoms with Crippen LogP contribution < -0.4 is 0 Å². The molecule has 1 atom stereocenters. The number of unbranched alkanes of at least 4 members (excludes halogenated alkanes) is 30. The Morgan fingerprint density at radius 1 is 0.259 bits per heavy atom. The maximum atomic E-state index is 12.9. The Balaban J connectivity index is 4.18. The van der Waals surface area contributed by atoms with E-state index in [1.165, 1.54) is 141 Å². The lowest BCUT2D eigenvalue weighted by atomic mass is 10.0. The Morgan fingerprint density at radius 2 is 0.481 bits per heavy atom. The largest absolute Gasteiger partial charge is 0.462 e. The van der Waals surface area contributed by atoms with E-state index in [-0.39, 0.29) is 31.1 Å². The molecule has 0 radical (unpaired) electrons. The second kappa shape index (κ2) is 68.3. The molecule has 0 aliphatic rings. The van der Waals surface area contributed by atoms with Crippen molar-refractivity contribution in [2.24, 2.45) is 0 Å². The van der Waals surface area contributed by atoms with Crippen LogP contribution in [0.5, 0.6) is 0 Å². The lowest BCUT2D eigenvalue weighted by Crippen LogP contribution is -2.30. The number of esters is 3. The van der Waals surface area contributed by atoms with Crippen LogP contribution in [0.25, 0.3) is 0 Å².